The summed E-state index contributed by atoms with van der Waals surface area (Å²) >= 11 is 0. The van der Waals surface area contributed by atoms with Crippen molar-refractivity contribution < 1.29 is 23.7 Å². The lowest BCUT2D eigenvalue weighted by atomic mass is 9.67. The minimum Gasteiger partial charge on any atom is -0.493 e. The number of ether oxygens (including phenoxy) is 5. The van der Waals surface area contributed by atoms with Gasteiger partial charge in [0.25, 0.3) is 0 Å². The molecule has 3 unspecified atom stereocenters. The van der Waals surface area contributed by atoms with Crippen LogP contribution in [0.1, 0.15) is 50.7 Å². The van der Waals surface area contributed by atoms with Crippen molar-refractivity contribution in [3.63, 3.8) is 0 Å². The summed E-state index contributed by atoms with van der Waals surface area (Å²) in [6, 6.07) is 12.3. The predicted molar refractivity (Wildman–Crippen MR) is 138 cm³/mol. The Morgan fingerprint density at radius 2 is 1.49 bits per heavy atom. The molecule has 2 rings (SSSR count). The fraction of sp³-hybridized carbons (Fsp3) is 0.536. The van der Waals surface area contributed by atoms with E-state index < -0.39 is 5.41 Å². The predicted octanol–water partition coefficient (Wildman–Crippen LogP) is 5.28. The van der Waals surface area contributed by atoms with Crippen LogP contribution in [0, 0.1) is 17.2 Å². The molecule has 192 valence electrons. The highest BCUT2D eigenvalue weighted by atomic mass is 16.5. The van der Waals surface area contributed by atoms with Crippen LogP contribution in [-0.4, -0.2) is 41.6 Å². The van der Waals surface area contributed by atoms with Gasteiger partial charge in [0.15, 0.2) is 23.0 Å². The third-order valence-electron chi connectivity index (χ3n) is 6.92. The Morgan fingerprint density at radius 1 is 0.886 bits per heavy atom. The van der Waals surface area contributed by atoms with Crippen LogP contribution >= 0.6 is 0 Å². The van der Waals surface area contributed by atoms with Crippen LogP contribution in [0.15, 0.2) is 30.3 Å². The van der Waals surface area contributed by atoms with E-state index >= 15 is 0 Å². The number of nitrogens with two attached hydrogens (primary N) is 1. The minimum atomic E-state index is -0.704. The molecule has 0 fully saturated rings. The van der Waals surface area contributed by atoms with Gasteiger partial charge in [-0.25, -0.2) is 0 Å². The highest BCUT2D eigenvalue weighted by molar-refractivity contribution is 5.56. The van der Waals surface area contributed by atoms with Gasteiger partial charge in [-0.1, -0.05) is 26.3 Å². The van der Waals surface area contributed by atoms with Crippen LogP contribution in [0.5, 0.6) is 28.7 Å². The maximum Gasteiger partial charge on any atom is 0.203 e. The summed E-state index contributed by atoms with van der Waals surface area (Å²) < 4.78 is 27.3. The number of nitriles is 1. The Morgan fingerprint density at radius 3 is 1.97 bits per heavy atom. The first-order chi connectivity index (χ1) is 16.8. The molecule has 2 N–H and O–H groups in total. The molecule has 2 aromatic carbocycles. The van der Waals surface area contributed by atoms with Crippen molar-refractivity contribution in [2.24, 2.45) is 11.7 Å². The quantitative estimate of drug-likeness (QED) is 0.390. The molecule has 35 heavy (non-hydrogen) atoms. The van der Waals surface area contributed by atoms with E-state index in [-0.39, 0.29) is 12.0 Å². The molecular formula is C28H40N2O5. The molecule has 0 aliphatic rings. The van der Waals surface area contributed by atoms with Crippen LogP contribution in [0.4, 0.5) is 0 Å². The largest absolute Gasteiger partial charge is 0.493 e. The fourth-order valence-corrected chi connectivity index (χ4v) is 4.65. The molecule has 7 heteroatoms. The van der Waals surface area contributed by atoms with E-state index in [1.54, 1.807) is 35.5 Å². The molecule has 0 spiro atoms. The average Bonchev–Trinajstić information content (AvgIpc) is 2.89. The summed E-state index contributed by atoms with van der Waals surface area (Å²) in [5, 5.41) is 10.5. The van der Waals surface area contributed by atoms with Crippen molar-refractivity contribution >= 4 is 0 Å². The van der Waals surface area contributed by atoms with Gasteiger partial charge in [0.05, 0.1) is 47.0 Å². The summed E-state index contributed by atoms with van der Waals surface area (Å²) in [5.41, 5.74) is 7.76. The third-order valence-corrected chi connectivity index (χ3v) is 6.92. The topological polar surface area (TPSA) is 96.0 Å². The van der Waals surface area contributed by atoms with Crippen LogP contribution in [0.3, 0.4) is 0 Å². The third kappa shape index (κ3) is 6.32. The lowest BCUT2D eigenvalue weighted by Crippen LogP contribution is -2.33. The molecule has 7 nitrogen and oxygen atoms in total. The second-order valence-corrected chi connectivity index (χ2v) is 8.85. The van der Waals surface area contributed by atoms with E-state index in [1.807, 2.05) is 30.3 Å². The minimum absolute atomic E-state index is 0.0404. The Labute approximate surface area is 210 Å². The fourth-order valence-electron chi connectivity index (χ4n) is 4.65. The number of benzene rings is 2. The van der Waals surface area contributed by atoms with Crippen LogP contribution in [0.25, 0.3) is 0 Å². The van der Waals surface area contributed by atoms with Gasteiger partial charge in [-0.2, -0.15) is 5.26 Å². The lowest BCUT2D eigenvalue weighted by Gasteiger charge is -2.34. The number of rotatable bonds is 14. The molecule has 0 saturated heterocycles. The van der Waals surface area contributed by atoms with Crippen LogP contribution in [0.2, 0.25) is 0 Å². The van der Waals surface area contributed by atoms with E-state index in [9.17, 15) is 5.26 Å². The number of nitrogens with zero attached hydrogens (tertiary/aromatic N) is 1. The van der Waals surface area contributed by atoms with E-state index in [0.29, 0.717) is 41.6 Å². The number of methoxy groups -OCH3 is 5. The first-order valence-electron chi connectivity index (χ1n) is 12.0. The summed E-state index contributed by atoms with van der Waals surface area (Å²) in [5.74, 6) is 3.14. The highest BCUT2D eigenvalue weighted by Gasteiger charge is 2.38. The zero-order chi connectivity index (χ0) is 26.0. The van der Waals surface area contributed by atoms with Gasteiger partial charge in [-0.05, 0) is 67.0 Å². The van der Waals surface area contributed by atoms with Gasteiger partial charge in [-0.15, -0.1) is 0 Å². The van der Waals surface area contributed by atoms with Gasteiger partial charge >= 0.3 is 0 Å². The summed E-state index contributed by atoms with van der Waals surface area (Å²) in [6.07, 6.45) is 3.85. The van der Waals surface area contributed by atoms with Crippen molar-refractivity contribution in [2.45, 2.75) is 57.4 Å². The van der Waals surface area contributed by atoms with E-state index in [4.69, 9.17) is 29.4 Å². The summed E-state index contributed by atoms with van der Waals surface area (Å²) in [4.78, 5) is 0. The molecule has 0 heterocycles. The number of hydrogen-bond donors (Lipinski definition) is 1. The van der Waals surface area contributed by atoms with Crippen molar-refractivity contribution in [1.82, 2.24) is 0 Å². The second-order valence-electron chi connectivity index (χ2n) is 8.85. The molecule has 0 bridgehead atoms. The van der Waals surface area contributed by atoms with E-state index in [0.717, 1.165) is 30.4 Å². The maximum atomic E-state index is 10.5. The Bertz CT molecular complexity index is 978. The molecule has 0 saturated carbocycles. The smallest absolute Gasteiger partial charge is 0.203 e. The van der Waals surface area contributed by atoms with E-state index in [2.05, 4.69) is 19.9 Å². The monoisotopic (exact) mass is 484 g/mol. The zero-order valence-corrected chi connectivity index (χ0v) is 22.1. The summed E-state index contributed by atoms with van der Waals surface area (Å²) in [6.45, 7) is 4.23. The zero-order valence-electron chi connectivity index (χ0n) is 22.1. The second kappa shape index (κ2) is 13.1. The van der Waals surface area contributed by atoms with Gasteiger partial charge in [0.2, 0.25) is 5.75 Å². The van der Waals surface area contributed by atoms with Gasteiger partial charge in [0, 0.05) is 6.04 Å². The Hall–Kier alpha value is -3.11. The van der Waals surface area contributed by atoms with Crippen molar-refractivity contribution in [1.29, 1.82) is 5.26 Å². The average molecular weight is 485 g/mol. The van der Waals surface area contributed by atoms with E-state index in [1.165, 1.54) is 0 Å². The van der Waals surface area contributed by atoms with Crippen molar-refractivity contribution in [2.75, 3.05) is 35.5 Å². The molecule has 0 amide bonds. The van der Waals surface area contributed by atoms with Crippen LogP contribution < -0.4 is 29.4 Å². The number of hydrogen-bond acceptors (Lipinski definition) is 7. The van der Waals surface area contributed by atoms with Crippen LogP contribution in [-0.2, 0) is 11.8 Å². The normalized spacial score (nSPS) is 14.3. The summed E-state index contributed by atoms with van der Waals surface area (Å²) in [7, 11) is 8.00. The molecule has 0 aliphatic heterocycles. The van der Waals surface area contributed by atoms with Crippen molar-refractivity contribution in [3.05, 3.63) is 41.5 Å². The molecule has 0 aromatic heterocycles. The Balaban J connectivity index is 2.24. The molecular weight excluding hydrogens is 444 g/mol. The van der Waals surface area contributed by atoms with Gasteiger partial charge < -0.3 is 29.4 Å². The first kappa shape index (κ1) is 28.1. The molecule has 0 aliphatic carbocycles. The Kier molecular flexibility index (Phi) is 10.5. The standard InChI is InChI=1S/C28H40N2O5/c1-8-19(2)28(18-29,21-16-25(33-5)27(35-7)26(17-21)34-6)13-9-10-22(30)14-20-11-12-23(31-3)24(15-20)32-4/h11-12,15-17,19,22H,8-10,13-14,30H2,1-7H3. The SMILES string of the molecule is CCC(C)C(C#N)(CCCC(N)Cc1ccc(OC)c(OC)c1)c1cc(OC)c(OC)c(OC)c1. The lowest BCUT2D eigenvalue weighted by molar-refractivity contribution is 0.305. The van der Waals surface area contributed by atoms with Gasteiger partial charge in [0.1, 0.15) is 0 Å². The molecule has 0 radical (unpaired) electrons. The highest BCUT2D eigenvalue weighted by Crippen LogP contribution is 2.46. The van der Waals surface area contributed by atoms with Gasteiger partial charge in [-0.3, -0.25) is 0 Å². The molecule has 2 aromatic rings. The van der Waals surface area contributed by atoms with Crippen molar-refractivity contribution in [3.8, 4) is 34.8 Å². The first-order valence-corrected chi connectivity index (χ1v) is 12.0. The molecule has 3 atom stereocenters. The maximum absolute atomic E-state index is 10.5.